The van der Waals surface area contributed by atoms with E-state index in [1.807, 2.05) is 0 Å². The van der Waals surface area contributed by atoms with Gasteiger partial charge in [-0.1, -0.05) is 67.5 Å². The first kappa shape index (κ1) is 22.2. The maximum atomic E-state index is 10.8. The highest BCUT2D eigenvalue weighted by molar-refractivity contribution is 5.49. The average Bonchev–Trinajstić information content (AvgIpc) is 3.05. The zero-order valence-corrected chi connectivity index (χ0v) is 21.6. The van der Waals surface area contributed by atoms with E-state index in [0.29, 0.717) is 22.2 Å². The molecule has 3 fully saturated rings. The van der Waals surface area contributed by atoms with E-state index < -0.39 is 0 Å². The number of hydrogen-bond donors (Lipinski definition) is 1. The van der Waals surface area contributed by atoms with E-state index in [-0.39, 0.29) is 16.9 Å². The molecule has 174 valence electrons. The van der Waals surface area contributed by atoms with Crippen LogP contribution in [0.2, 0.25) is 0 Å². The average molecular weight is 425 g/mol. The topological polar surface area (TPSA) is 20.2 Å². The van der Waals surface area contributed by atoms with Crippen molar-refractivity contribution in [3.63, 3.8) is 0 Å². The Hall–Kier alpha value is -0.560. The molecule has 5 aliphatic rings. The molecule has 31 heavy (non-hydrogen) atoms. The van der Waals surface area contributed by atoms with Gasteiger partial charge in [0.1, 0.15) is 0 Å². The summed E-state index contributed by atoms with van der Waals surface area (Å²) >= 11 is 0. The highest BCUT2D eigenvalue weighted by atomic mass is 16.3. The molecule has 0 bridgehead atoms. The molecule has 0 unspecified atom stereocenters. The summed E-state index contributed by atoms with van der Waals surface area (Å²) in [5, 5.41) is 10.8. The van der Waals surface area contributed by atoms with E-state index in [2.05, 4.69) is 67.5 Å². The van der Waals surface area contributed by atoms with Gasteiger partial charge < -0.3 is 5.11 Å². The van der Waals surface area contributed by atoms with Crippen LogP contribution in [0.5, 0.6) is 0 Å². The fraction of sp³-hybridized carbons (Fsp3) is 0.867. The summed E-state index contributed by atoms with van der Waals surface area (Å²) in [6.07, 6.45) is 15.3. The van der Waals surface area contributed by atoms with E-state index >= 15 is 0 Å². The van der Waals surface area contributed by atoms with Gasteiger partial charge in [-0.15, -0.1) is 0 Å². The van der Waals surface area contributed by atoms with E-state index in [1.54, 1.807) is 11.1 Å². The van der Waals surface area contributed by atoms with E-state index in [1.165, 1.54) is 32.1 Å². The van der Waals surface area contributed by atoms with Crippen molar-refractivity contribution in [1.29, 1.82) is 0 Å². The predicted octanol–water partition coefficient (Wildman–Crippen LogP) is 7.94. The minimum absolute atomic E-state index is 0.00139. The highest BCUT2D eigenvalue weighted by Crippen LogP contribution is 2.75. The lowest BCUT2D eigenvalue weighted by Gasteiger charge is -2.66. The Morgan fingerprint density at radius 2 is 1.55 bits per heavy atom. The van der Waals surface area contributed by atoms with Gasteiger partial charge in [-0.3, -0.25) is 0 Å². The van der Waals surface area contributed by atoms with Gasteiger partial charge in [-0.05, 0) is 113 Å². The van der Waals surface area contributed by atoms with Crippen LogP contribution in [-0.2, 0) is 0 Å². The SMILES string of the molecule is CC(C)[C@H]1CC[C@@H]2[C@]1(C)CC[C@]1(C)C3=CC[C@H]4C(C)(C)[C@@H](O)CC[C@]4(C)C3=CC[C@@]21C. The van der Waals surface area contributed by atoms with Gasteiger partial charge >= 0.3 is 0 Å². The molecule has 1 heteroatoms. The van der Waals surface area contributed by atoms with Gasteiger partial charge in [0.25, 0.3) is 0 Å². The van der Waals surface area contributed by atoms with Crippen LogP contribution in [0.15, 0.2) is 23.3 Å². The number of aliphatic hydroxyl groups excluding tert-OH is 1. The summed E-state index contributed by atoms with van der Waals surface area (Å²) in [5.41, 5.74) is 4.85. The molecule has 0 saturated heterocycles. The van der Waals surface area contributed by atoms with Crippen LogP contribution in [0, 0.1) is 50.7 Å². The maximum Gasteiger partial charge on any atom is 0.0594 e. The lowest BCUT2D eigenvalue weighted by atomic mass is 9.38. The standard InChI is InChI=1S/C30H48O/c1-19(2)20-9-12-24-28(20,6)17-18-29(7)22-10-11-23-26(3,4)25(31)14-15-27(23,5)21(22)13-16-30(24,29)8/h10,13,19-20,23-25,31H,9,11-12,14-18H2,1-8H3/t20-,23+,24-,25+,27-,28-,29-,30+/m1/s1. The highest BCUT2D eigenvalue weighted by Gasteiger charge is 2.66. The molecule has 5 aliphatic carbocycles. The molecule has 0 amide bonds. The molecule has 8 atom stereocenters. The third-order valence-electron chi connectivity index (χ3n) is 12.7. The van der Waals surface area contributed by atoms with E-state index in [9.17, 15) is 5.11 Å². The second-order valence-corrected chi connectivity index (χ2v) is 14.3. The molecule has 0 aliphatic heterocycles. The Balaban J connectivity index is 1.58. The lowest BCUT2D eigenvalue weighted by Crippen LogP contribution is -2.59. The Morgan fingerprint density at radius 3 is 2.23 bits per heavy atom. The molecule has 5 rings (SSSR count). The Labute approximate surface area is 192 Å². The summed E-state index contributed by atoms with van der Waals surface area (Å²) < 4.78 is 0. The summed E-state index contributed by atoms with van der Waals surface area (Å²) in [6, 6.07) is 0. The monoisotopic (exact) mass is 424 g/mol. The van der Waals surface area contributed by atoms with Crippen LogP contribution in [-0.4, -0.2) is 11.2 Å². The summed E-state index contributed by atoms with van der Waals surface area (Å²) in [6.45, 7) is 20.1. The van der Waals surface area contributed by atoms with Crippen LogP contribution in [0.4, 0.5) is 0 Å². The first-order valence-corrected chi connectivity index (χ1v) is 13.4. The summed E-state index contributed by atoms with van der Waals surface area (Å²) in [5.74, 6) is 3.10. The summed E-state index contributed by atoms with van der Waals surface area (Å²) in [4.78, 5) is 0. The molecule has 0 aromatic rings. The van der Waals surface area contributed by atoms with Gasteiger partial charge in [-0.2, -0.15) is 0 Å². The first-order valence-electron chi connectivity index (χ1n) is 13.4. The van der Waals surface area contributed by atoms with Crippen molar-refractivity contribution in [2.45, 2.75) is 113 Å². The van der Waals surface area contributed by atoms with Crippen LogP contribution in [0.25, 0.3) is 0 Å². The molecule has 1 N–H and O–H groups in total. The van der Waals surface area contributed by atoms with Crippen molar-refractivity contribution in [3.8, 4) is 0 Å². The third kappa shape index (κ3) is 2.54. The zero-order chi connectivity index (χ0) is 22.6. The van der Waals surface area contributed by atoms with Crippen LogP contribution < -0.4 is 0 Å². The molecule has 1 nitrogen and oxygen atoms in total. The smallest absolute Gasteiger partial charge is 0.0594 e. The molecule has 0 heterocycles. The number of rotatable bonds is 1. The van der Waals surface area contributed by atoms with Crippen molar-refractivity contribution in [1.82, 2.24) is 0 Å². The summed E-state index contributed by atoms with van der Waals surface area (Å²) in [7, 11) is 0. The number of fused-ring (bicyclic) bond motifs is 7. The van der Waals surface area contributed by atoms with Gasteiger partial charge in [0.2, 0.25) is 0 Å². The molecule has 0 radical (unpaired) electrons. The van der Waals surface area contributed by atoms with Crippen molar-refractivity contribution in [2.24, 2.45) is 50.7 Å². The van der Waals surface area contributed by atoms with Crippen molar-refractivity contribution < 1.29 is 5.11 Å². The molecule has 0 spiro atoms. The van der Waals surface area contributed by atoms with Crippen LogP contribution >= 0.6 is 0 Å². The Bertz CT molecular complexity index is 831. The minimum atomic E-state index is -0.160. The first-order chi connectivity index (χ1) is 14.3. The second-order valence-electron chi connectivity index (χ2n) is 14.3. The molecule has 0 aromatic carbocycles. The molecule has 0 aromatic heterocycles. The van der Waals surface area contributed by atoms with Crippen molar-refractivity contribution >= 4 is 0 Å². The van der Waals surface area contributed by atoms with Crippen molar-refractivity contribution in [3.05, 3.63) is 23.3 Å². The predicted molar refractivity (Wildman–Crippen MR) is 131 cm³/mol. The van der Waals surface area contributed by atoms with E-state index in [0.717, 1.165) is 37.0 Å². The molecular formula is C30H48O. The zero-order valence-electron chi connectivity index (χ0n) is 21.6. The van der Waals surface area contributed by atoms with Gasteiger partial charge in [-0.25, -0.2) is 0 Å². The Kier molecular flexibility index (Phi) is 4.68. The molecular weight excluding hydrogens is 376 g/mol. The largest absolute Gasteiger partial charge is 0.393 e. The van der Waals surface area contributed by atoms with Crippen molar-refractivity contribution in [2.75, 3.05) is 0 Å². The normalized spacial score (nSPS) is 53.1. The van der Waals surface area contributed by atoms with Gasteiger partial charge in [0, 0.05) is 0 Å². The number of hydrogen-bond acceptors (Lipinski definition) is 1. The fourth-order valence-corrected chi connectivity index (χ4v) is 10.5. The fourth-order valence-electron chi connectivity index (χ4n) is 10.5. The second kappa shape index (κ2) is 6.52. The quantitative estimate of drug-likeness (QED) is 0.453. The molecule has 3 saturated carbocycles. The minimum Gasteiger partial charge on any atom is -0.393 e. The maximum absolute atomic E-state index is 10.8. The lowest BCUT2D eigenvalue weighted by molar-refractivity contribution is -0.110. The van der Waals surface area contributed by atoms with Crippen LogP contribution in [0.1, 0.15) is 107 Å². The van der Waals surface area contributed by atoms with Gasteiger partial charge in [0.15, 0.2) is 0 Å². The van der Waals surface area contributed by atoms with Gasteiger partial charge in [0.05, 0.1) is 6.10 Å². The Morgan fingerprint density at radius 1 is 0.839 bits per heavy atom. The van der Waals surface area contributed by atoms with Crippen LogP contribution in [0.3, 0.4) is 0 Å². The third-order valence-corrected chi connectivity index (χ3v) is 12.7. The van der Waals surface area contributed by atoms with E-state index in [4.69, 9.17) is 0 Å². The number of aliphatic hydroxyl groups is 1. The number of allylic oxidation sites excluding steroid dienone is 4.